The van der Waals surface area contributed by atoms with E-state index in [0.717, 1.165) is 14.9 Å². The van der Waals surface area contributed by atoms with Crippen LogP contribution in [0.4, 0.5) is 0 Å². The van der Waals surface area contributed by atoms with Crippen molar-refractivity contribution in [3.8, 4) is 0 Å². The Morgan fingerprint density at radius 2 is 1.83 bits per heavy atom. The molecule has 0 aliphatic rings. The van der Waals surface area contributed by atoms with Crippen LogP contribution in [0.2, 0.25) is 5.02 Å². The number of nitrogens with one attached hydrogen (secondary N) is 1. The highest BCUT2D eigenvalue weighted by Gasteiger charge is 2.26. The summed E-state index contributed by atoms with van der Waals surface area (Å²) < 4.78 is 0.944. The van der Waals surface area contributed by atoms with Crippen LogP contribution in [-0.4, -0.2) is 34.6 Å². The van der Waals surface area contributed by atoms with Crippen molar-refractivity contribution in [2.75, 3.05) is 5.75 Å². The number of hydrogen-bond donors (Lipinski definition) is 1. The number of nitrogens with zero attached hydrogens (tertiary/aromatic N) is 1. The number of thioether (sulfide) groups is 1. The fourth-order valence-electron chi connectivity index (χ4n) is 2.75. The van der Waals surface area contributed by atoms with Crippen molar-refractivity contribution in [3.63, 3.8) is 0 Å². The zero-order chi connectivity index (χ0) is 21.4. The Balaban J connectivity index is 2.06. The van der Waals surface area contributed by atoms with Gasteiger partial charge in [-0.05, 0) is 62.7 Å². The van der Waals surface area contributed by atoms with Gasteiger partial charge in [-0.15, -0.1) is 11.8 Å². The molecular weight excluding hydrogens is 472 g/mol. The average Bonchev–Trinajstić information content (AvgIpc) is 2.66. The monoisotopic (exact) mass is 496 g/mol. The van der Waals surface area contributed by atoms with E-state index < -0.39 is 6.04 Å². The summed E-state index contributed by atoms with van der Waals surface area (Å²) in [7, 11) is 0. The van der Waals surface area contributed by atoms with Gasteiger partial charge in [-0.2, -0.15) is 0 Å². The van der Waals surface area contributed by atoms with E-state index in [2.05, 4.69) is 21.2 Å². The Morgan fingerprint density at radius 1 is 1.14 bits per heavy atom. The lowest BCUT2D eigenvalue weighted by atomic mass is 10.1. The third kappa shape index (κ3) is 8.03. The highest BCUT2D eigenvalue weighted by molar-refractivity contribution is 9.10. The van der Waals surface area contributed by atoms with Crippen molar-refractivity contribution in [1.29, 1.82) is 0 Å². The van der Waals surface area contributed by atoms with Crippen molar-refractivity contribution in [2.45, 2.75) is 50.7 Å². The summed E-state index contributed by atoms with van der Waals surface area (Å²) in [6.07, 6.45) is 0.348. The van der Waals surface area contributed by atoms with Crippen LogP contribution in [0.1, 0.15) is 32.8 Å². The van der Waals surface area contributed by atoms with Gasteiger partial charge in [0.25, 0.3) is 0 Å². The van der Waals surface area contributed by atoms with Gasteiger partial charge in [0.15, 0.2) is 0 Å². The van der Waals surface area contributed by atoms with Crippen LogP contribution in [0.15, 0.2) is 57.9 Å². The van der Waals surface area contributed by atoms with Crippen LogP contribution >= 0.6 is 39.3 Å². The fourth-order valence-corrected chi connectivity index (χ4v) is 4.16. The zero-order valence-electron chi connectivity index (χ0n) is 16.8. The quantitative estimate of drug-likeness (QED) is 0.464. The molecule has 156 valence electrons. The second-order valence-electron chi connectivity index (χ2n) is 7.04. The molecule has 1 N–H and O–H groups in total. The molecule has 0 saturated heterocycles. The van der Waals surface area contributed by atoms with Crippen LogP contribution in [0.5, 0.6) is 0 Å². The molecule has 2 aromatic rings. The first-order valence-corrected chi connectivity index (χ1v) is 11.6. The second kappa shape index (κ2) is 11.6. The lowest BCUT2D eigenvalue weighted by Gasteiger charge is -2.29. The summed E-state index contributed by atoms with van der Waals surface area (Å²) in [5.74, 6) is 0.445. The lowest BCUT2D eigenvalue weighted by molar-refractivity contribution is -0.140. The van der Waals surface area contributed by atoms with Crippen LogP contribution in [-0.2, 0) is 16.1 Å². The molecule has 0 aliphatic heterocycles. The Bertz CT molecular complexity index is 830. The van der Waals surface area contributed by atoms with E-state index in [9.17, 15) is 9.59 Å². The van der Waals surface area contributed by atoms with Crippen LogP contribution < -0.4 is 5.32 Å². The highest BCUT2D eigenvalue weighted by Crippen LogP contribution is 2.22. The lowest BCUT2D eigenvalue weighted by Crippen LogP contribution is -2.49. The number of benzene rings is 2. The molecule has 0 radical (unpaired) electrons. The van der Waals surface area contributed by atoms with E-state index in [0.29, 0.717) is 23.7 Å². The van der Waals surface area contributed by atoms with E-state index in [1.807, 2.05) is 62.4 Å². The van der Waals surface area contributed by atoms with Crippen molar-refractivity contribution in [1.82, 2.24) is 10.2 Å². The maximum atomic E-state index is 13.0. The summed E-state index contributed by atoms with van der Waals surface area (Å²) >= 11 is 11.0. The zero-order valence-corrected chi connectivity index (χ0v) is 20.0. The Kier molecular flexibility index (Phi) is 9.53. The van der Waals surface area contributed by atoms with E-state index in [-0.39, 0.29) is 17.9 Å². The Hall–Kier alpha value is -1.50. The van der Waals surface area contributed by atoms with Gasteiger partial charge in [-0.25, -0.2) is 0 Å². The first-order chi connectivity index (χ1) is 13.8. The number of hydrogen-bond acceptors (Lipinski definition) is 3. The molecule has 0 fully saturated rings. The van der Waals surface area contributed by atoms with Gasteiger partial charge >= 0.3 is 0 Å². The minimum absolute atomic E-state index is 0.0215. The third-order valence-electron chi connectivity index (χ3n) is 4.24. The first-order valence-electron chi connectivity index (χ1n) is 9.49. The summed E-state index contributed by atoms with van der Waals surface area (Å²) in [4.78, 5) is 28.3. The Labute approximate surface area is 190 Å². The highest BCUT2D eigenvalue weighted by atomic mass is 79.9. The largest absolute Gasteiger partial charge is 0.352 e. The molecule has 29 heavy (non-hydrogen) atoms. The predicted molar refractivity (Wildman–Crippen MR) is 124 cm³/mol. The SMILES string of the molecule is CC(C)NC(=O)[C@@H](C)N(Cc1cccc(Br)c1)C(=O)CCSc1ccc(Cl)cc1. The van der Waals surface area contributed by atoms with E-state index >= 15 is 0 Å². The third-order valence-corrected chi connectivity index (χ3v) is 6.00. The molecule has 1 atom stereocenters. The van der Waals surface area contributed by atoms with E-state index in [1.165, 1.54) is 0 Å². The minimum Gasteiger partial charge on any atom is -0.352 e. The number of halogens is 2. The molecule has 2 aromatic carbocycles. The molecule has 0 aliphatic carbocycles. The van der Waals surface area contributed by atoms with Crippen LogP contribution in [0.3, 0.4) is 0 Å². The van der Waals surface area contributed by atoms with Crippen LogP contribution in [0.25, 0.3) is 0 Å². The number of carbonyl (C=O) groups is 2. The van der Waals surface area contributed by atoms with E-state index in [1.54, 1.807) is 23.6 Å². The van der Waals surface area contributed by atoms with Gasteiger partial charge in [-0.1, -0.05) is 39.7 Å². The van der Waals surface area contributed by atoms with Gasteiger partial charge in [0.2, 0.25) is 11.8 Å². The molecule has 4 nitrogen and oxygen atoms in total. The topological polar surface area (TPSA) is 49.4 Å². The molecule has 2 rings (SSSR count). The molecule has 0 unspecified atom stereocenters. The molecule has 0 heterocycles. The van der Waals surface area contributed by atoms with Crippen molar-refractivity contribution in [2.24, 2.45) is 0 Å². The van der Waals surface area contributed by atoms with Gasteiger partial charge in [0.05, 0.1) is 0 Å². The molecular formula is C22H26BrClN2O2S. The molecule has 0 aromatic heterocycles. The molecule has 0 spiro atoms. The summed E-state index contributed by atoms with van der Waals surface area (Å²) in [5.41, 5.74) is 0.974. The fraction of sp³-hybridized carbons (Fsp3) is 0.364. The molecule has 0 saturated carbocycles. The maximum Gasteiger partial charge on any atom is 0.242 e. The van der Waals surface area contributed by atoms with Crippen LogP contribution in [0, 0.1) is 0 Å². The van der Waals surface area contributed by atoms with Crippen molar-refractivity contribution < 1.29 is 9.59 Å². The van der Waals surface area contributed by atoms with Gasteiger partial charge in [-0.3, -0.25) is 9.59 Å². The molecule has 2 amide bonds. The van der Waals surface area contributed by atoms with Gasteiger partial charge < -0.3 is 10.2 Å². The summed E-state index contributed by atoms with van der Waals surface area (Å²) in [6, 6.07) is 14.8. The van der Waals surface area contributed by atoms with Gasteiger partial charge in [0.1, 0.15) is 6.04 Å². The number of rotatable bonds is 9. The average molecular weight is 498 g/mol. The smallest absolute Gasteiger partial charge is 0.242 e. The Morgan fingerprint density at radius 3 is 2.45 bits per heavy atom. The van der Waals surface area contributed by atoms with Gasteiger partial charge in [0, 0.05) is 39.2 Å². The van der Waals surface area contributed by atoms with Crippen molar-refractivity contribution in [3.05, 3.63) is 63.6 Å². The molecule has 0 bridgehead atoms. The first kappa shape index (κ1) is 23.8. The minimum atomic E-state index is -0.551. The number of carbonyl (C=O) groups excluding carboxylic acids is 2. The predicted octanol–water partition coefficient (Wildman–Crippen LogP) is 5.53. The standard InChI is InChI=1S/C22H26BrClN2O2S/c1-15(2)25-22(28)16(3)26(14-17-5-4-6-18(23)13-17)21(27)11-12-29-20-9-7-19(24)8-10-20/h4-10,13,15-16H,11-12,14H2,1-3H3,(H,25,28)/t16-/m1/s1. The maximum absolute atomic E-state index is 13.0. The van der Waals surface area contributed by atoms with Crippen molar-refractivity contribution >= 4 is 51.1 Å². The number of amides is 2. The normalized spacial score (nSPS) is 11.9. The molecule has 7 heteroatoms. The summed E-state index contributed by atoms with van der Waals surface area (Å²) in [5, 5.41) is 3.59. The van der Waals surface area contributed by atoms with E-state index in [4.69, 9.17) is 11.6 Å². The summed E-state index contributed by atoms with van der Waals surface area (Å²) in [6.45, 7) is 5.98. The second-order valence-corrected chi connectivity index (χ2v) is 9.56.